The van der Waals surface area contributed by atoms with E-state index in [-0.39, 0.29) is 35.7 Å². The van der Waals surface area contributed by atoms with Crippen LogP contribution in [0.4, 0.5) is 9.59 Å². The Balaban J connectivity index is 1.27. The Hall–Kier alpha value is -3.38. The second-order valence-corrected chi connectivity index (χ2v) is 16.6. The highest BCUT2D eigenvalue weighted by atomic mass is 16.7. The second-order valence-electron chi connectivity index (χ2n) is 16.6. The van der Waals surface area contributed by atoms with Crippen LogP contribution in [-0.2, 0) is 28.7 Å². The number of hydrogen-bond acceptors (Lipinski definition) is 8. The Bertz CT molecular complexity index is 1270. The highest BCUT2D eigenvalue weighted by Gasteiger charge is 2.70. The van der Waals surface area contributed by atoms with E-state index in [0.717, 1.165) is 57.8 Å². The Morgan fingerprint density at radius 1 is 0.875 bits per heavy atom. The van der Waals surface area contributed by atoms with Gasteiger partial charge in [-0.3, -0.25) is 19.2 Å². The van der Waals surface area contributed by atoms with Gasteiger partial charge in [0.15, 0.2) is 0 Å². The first kappa shape index (κ1) is 35.9. The molecule has 5 amide bonds. The summed E-state index contributed by atoms with van der Waals surface area (Å²) in [6.45, 7) is 10.3. The van der Waals surface area contributed by atoms with Gasteiger partial charge in [-0.15, -0.1) is 0 Å². The van der Waals surface area contributed by atoms with Crippen molar-refractivity contribution < 1.29 is 38.2 Å². The minimum Gasteiger partial charge on any atom is -0.434 e. The van der Waals surface area contributed by atoms with Crippen molar-refractivity contribution in [2.24, 2.45) is 46.2 Å². The number of rotatable bonds is 14. The van der Waals surface area contributed by atoms with Gasteiger partial charge in [-0.25, -0.2) is 9.59 Å². The number of fused-ring (bicyclic) bond motifs is 1. The first-order valence-corrected chi connectivity index (χ1v) is 17.9. The van der Waals surface area contributed by atoms with Crippen LogP contribution in [0.1, 0.15) is 98.8 Å². The molecule has 4 aliphatic carbocycles. The fraction of sp³-hybridized carbons (Fsp3) is 0.829. The summed E-state index contributed by atoms with van der Waals surface area (Å²) in [5, 5.41) is 8.66. The van der Waals surface area contributed by atoms with E-state index in [1.54, 1.807) is 0 Å². The fourth-order valence-electron chi connectivity index (χ4n) is 8.02. The number of likely N-dealkylation sites (tertiary alicyclic amines) is 1. The van der Waals surface area contributed by atoms with Gasteiger partial charge in [0.1, 0.15) is 18.7 Å². The van der Waals surface area contributed by atoms with Crippen molar-refractivity contribution in [2.45, 2.75) is 123 Å². The van der Waals surface area contributed by atoms with Gasteiger partial charge in [0.25, 0.3) is 5.91 Å². The van der Waals surface area contributed by atoms with Crippen molar-refractivity contribution in [3.63, 3.8) is 0 Å². The van der Waals surface area contributed by atoms with Crippen molar-refractivity contribution in [3.05, 3.63) is 0 Å². The summed E-state index contributed by atoms with van der Waals surface area (Å²) in [5.74, 6) is -2.11. The standard InChI is InChI=1S/C35H55N5O8/c1-34(2,3)28(39-32(45)38-24(21-11-6-7-12-21)18-48-33(46)47-17-20-13-14-20)31(44)40-16-22-25(35(22,4)5)26(40)30(43)37-23(27(41)29(36)42)15-19-9-8-10-19/h19-26,28H,6-18H2,1-5H3,(H2,36,42)(H,37,43)(H2,38,39,45)/t22?,23?,24-,25?,26+,28-/m1/s1. The van der Waals surface area contributed by atoms with Gasteiger partial charge in [0, 0.05) is 6.54 Å². The molecule has 48 heavy (non-hydrogen) atoms. The van der Waals surface area contributed by atoms with E-state index in [0.29, 0.717) is 25.5 Å². The van der Waals surface area contributed by atoms with Crippen molar-refractivity contribution in [1.29, 1.82) is 0 Å². The van der Waals surface area contributed by atoms with E-state index in [4.69, 9.17) is 15.2 Å². The smallest absolute Gasteiger partial charge is 0.434 e. The number of nitrogens with two attached hydrogens (primary N) is 1. The largest absolute Gasteiger partial charge is 0.508 e. The molecule has 268 valence electrons. The number of primary amides is 1. The SMILES string of the molecule is CC1(C)C2CN(C(=O)[C@@H](NC(=O)N[C@H](COC(=O)OCC3CC3)C3CCCC3)C(C)(C)C)[C@H](C(=O)NC(CC3CCC3)C(=O)C(N)=O)C21. The number of carbonyl (C=O) groups is 6. The lowest BCUT2D eigenvalue weighted by molar-refractivity contribution is -0.145. The van der Waals surface area contributed by atoms with Gasteiger partial charge in [-0.1, -0.05) is 66.7 Å². The molecule has 4 saturated carbocycles. The average Bonchev–Trinajstić information content (AvgIpc) is 3.71. The van der Waals surface area contributed by atoms with Crippen LogP contribution in [0.3, 0.4) is 0 Å². The fourth-order valence-corrected chi connectivity index (χ4v) is 8.02. The maximum Gasteiger partial charge on any atom is 0.508 e. The number of piperidine rings is 1. The van der Waals surface area contributed by atoms with Gasteiger partial charge in [0.2, 0.25) is 17.6 Å². The predicted octanol–water partition coefficient (Wildman–Crippen LogP) is 3.03. The van der Waals surface area contributed by atoms with Crippen molar-refractivity contribution in [1.82, 2.24) is 20.9 Å². The summed E-state index contributed by atoms with van der Waals surface area (Å²) in [7, 11) is 0. The third kappa shape index (κ3) is 8.25. The highest BCUT2D eigenvalue weighted by molar-refractivity contribution is 6.37. The van der Waals surface area contributed by atoms with Crippen LogP contribution in [0.2, 0.25) is 0 Å². The number of hydrogen-bond donors (Lipinski definition) is 4. The zero-order chi connectivity index (χ0) is 35.0. The summed E-state index contributed by atoms with van der Waals surface area (Å²) in [4.78, 5) is 80.2. The maximum atomic E-state index is 14.3. The quantitative estimate of drug-likeness (QED) is 0.160. The van der Waals surface area contributed by atoms with Crippen LogP contribution in [0.25, 0.3) is 0 Å². The number of carbonyl (C=O) groups excluding carboxylic acids is 6. The lowest BCUT2D eigenvalue weighted by Gasteiger charge is -2.38. The molecule has 1 aliphatic heterocycles. The maximum absolute atomic E-state index is 14.3. The van der Waals surface area contributed by atoms with Crippen LogP contribution in [0, 0.1) is 40.4 Å². The monoisotopic (exact) mass is 673 g/mol. The van der Waals surface area contributed by atoms with Crippen LogP contribution in [0.5, 0.6) is 0 Å². The third-order valence-corrected chi connectivity index (χ3v) is 11.6. The molecule has 6 atom stereocenters. The molecule has 5 rings (SSSR count). The van der Waals surface area contributed by atoms with Crippen LogP contribution in [-0.4, -0.2) is 84.5 Å². The molecule has 0 aromatic rings. The van der Waals surface area contributed by atoms with Crippen molar-refractivity contribution in [3.8, 4) is 0 Å². The van der Waals surface area contributed by atoms with Crippen LogP contribution in [0.15, 0.2) is 0 Å². The Morgan fingerprint density at radius 2 is 1.54 bits per heavy atom. The van der Waals surface area contributed by atoms with Gasteiger partial charge in [0.05, 0.1) is 18.7 Å². The zero-order valence-electron chi connectivity index (χ0n) is 29.2. The van der Waals surface area contributed by atoms with Gasteiger partial charge in [-0.05, 0) is 72.5 Å². The number of amides is 5. The molecule has 5 N–H and O–H groups in total. The van der Waals surface area contributed by atoms with E-state index >= 15 is 0 Å². The molecule has 0 aromatic heterocycles. The molecule has 5 fully saturated rings. The van der Waals surface area contributed by atoms with E-state index < -0.39 is 65.3 Å². The van der Waals surface area contributed by atoms with E-state index in [1.165, 1.54) is 4.90 Å². The average molecular weight is 674 g/mol. The minimum atomic E-state index is -1.09. The van der Waals surface area contributed by atoms with Gasteiger partial charge in [-0.2, -0.15) is 0 Å². The molecule has 5 aliphatic rings. The Labute approximate surface area is 283 Å². The predicted molar refractivity (Wildman–Crippen MR) is 175 cm³/mol. The van der Waals surface area contributed by atoms with Gasteiger partial charge < -0.3 is 36.1 Å². The molecular weight excluding hydrogens is 618 g/mol. The Kier molecular flexibility index (Phi) is 10.6. The number of nitrogens with zero attached hydrogens (tertiary/aromatic N) is 1. The topological polar surface area (TPSA) is 186 Å². The second kappa shape index (κ2) is 14.2. The lowest BCUT2D eigenvalue weighted by atomic mass is 9.80. The number of urea groups is 1. The third-order valence-electron chi connectivity index (χ3n) is 11.6. The molecule has 0 radical (unpaired) electrons. The molecule has 13 nitrogen and oxygen atoms in total. The minimum absolute atomic E-state index is 0.0332. The Morgan fingerprint density at radius 3 is 2.10 bits per heavy atom. The lowest BCUT2D eigenvalue weighted by Crippen LogP contribution is -2.62. The first-order chi connectivity index (χ1) is 22.6. The number of nitrogens with one attached hydrogen (secondary N) is 3. The molecule has 0 bridgehead atoms. The first-order valence-electron chi connectivity index (χ1n) is 17.9. The molecular formula is C35H55N5O8. The normalized spacial score (nSPS) is 26.7. The van der Waals surface area contributed by atoms with E-state index in [9.17, 15) is 28.8 Å². The summed E-state index contributed by atoms with van der Waals surface area (Å²) >= 11 is 0. The number of ketones is 1. The molecule has 1 saturated heterocycles. The summed E-state index contributed by atoms with van der Waals surface area (Å²) in [6, 6.07) is -3.90. The zero-order valence-corrected chi connectivity index (χ0v) is 29.2. The highest BCUT2D eigenvalue weighted by Crippen LogP contribution is 2.65. The van der Waals surface area contributed by atoms with Gasteiger partial charge >= 0.3 is 12.2 Å². The van der Waals surface area contributed by atoms with Crippen molar-refractivity contribution >= 4 is 35.7 Å². The van der Waals surface area contributed by atoms with Crippen molar-refractivity contribution in [2.75, 3.05) is 19.8 Å². The van der Waals surface area contributed by atoms with E-state index in [2.05, 4.69) is 29.8 Å². The number of ether oxygens (including phenoxy) is 2. The molecule has 3 unspecified atom stereocenters. The summed E-state index contributed by atoms with van der Waals surface area (Å²) in [5.41, 5.74) is 4.43. The van der Waals surface area contributed by atoms with E-state index in [1.807, 2.05) is 20.8 Å². The summed E-state index contributed by atoms with van der Waals surface area (Å²) < 4.78 is 10.6. The summed E-state index contributed by atoms with van der Waals surface area (Å²) in [6.07, 6.45) is 8.36. The molecule has 13 heteroatoms. The molecule has 1 heterocycles. The number of Topliss-reactive ketones (excluding diaryl/α,β-unsaturated/α-hetero) is 1. The molecule has 0 spiro atoms. The van der Waals surface area contributed by atoms with Crippen LogP contribution >= 0.6 is 0 Å². The van der Waals surface area contributed by atoms with Crippen LogP contribution < -0.4 is 21.7 Å². The molecule has 0 aromatic carbocycles.